The molecule has 0 amide bonds. The number of hydrogen-bond acceptors (Lipinski definition) is 1. The van der Waals surface area contributed by atoms with E-state index in [1.165, 1.54) is 0 Å². The van der Waals surface area contributed by atoms with Gasteiger partial charge in [-0.3, -0.25) is 0 Å². The van der Waals surface area contributed by atoms with Gasteiger partial charge in [0.1, 0.15) is 0 Å². The van der Waals surface area contributed by atoms with Crippen LogP contribution in [0.2, 0.25) is 0 Å². The first kappa shape index (κ1) is 29.7. The maximum atomic E-state index is 10.4. The third-order valence-corrected chi connectivity index (χ3v) is 9.87. The molecule has 0 bridgehead atoms. The molecular formula is C47H26N4. The summed E-state index contributed by atoms with van der Waals surface area (Å²) in [4.78, 5) is 7.94. The zero-order chi connectivity index (χ0) is 34.5. The molecule has 0 saturated heterocycles. The molecule has 0 aliphatic carbocycles. The molecule has 0 saturated carbocycles. The molecule has 0 N–H and O–H groups in total. The Kier molecular flexibility index (Phi) is 6.93. The second-order valence-electron chi connectivity index (χ2n) is 12.5. The molecule has 1 aromatic heterocycles. The Hall–Kier alpha value is -7.45. The first-order valence-electron chi connectivity index (χ1n) is 16.7. The van der Waals surface area contributed by atoms with Gasteiger partial charge in [0.2, 0.25) is 0 Å². The van der Waals surface area contributed by atoms with Crippen molar-refractivity contribution in [2.75, 3.05) is 0 Å². The molecule has 1 heterocycles. The zero-order valence-electron chi connectivity index (χ0n) is 27.3. The highest BCUT2D eigenvalue weighted by molar-refractivity contribution is 6.22. The molecule has 0 aliphatic heterocycles. The Balaban J connectivity index is 1.34. The lowest BCUT2D eigenvalue weighted by atomic mass is 9.85. The van der Waals surface area contributed by atoms with Gasteiger partial charge in [0.25, 0.3) is 0 Å². The summed E-state index contributed by atoms with van der Waals surface area (Å²) in [6.45, 7) is 16.4. The van der Waals surface area contributed by atoms with Gasteiger partial charge in [-0.1, -0.05) is 133 Å². The highest BCUT2D eigenvalue weighted by Crippen LogP contribution is 2.48. The predicted octanol–water partition coefficient (Wildman–Crippen LogP) is 13.1. The van der Waals surface area contributed by atoms with Crippen LogP contribution in [0.15, 0.2) is 158 Å². The predicted molar refractivity (Wildman–Crippen MR) is 209 cm³/mol. The van der Waals surface area contributed by atoms with Crippen LogP contribution in [0.5, 0.6) is 0 Å². The SMILES string of the molecule is [C-]#[N+]c1cc(C#N)c(-n2c3ccccc3c3ccccc32)cc1-c1ccc([N+]#[C-])c(-c2c3ccccc3c(-c3ccccc3)c3ccccc23)c1. The second-order valence-corrected chi connectivity index (χ2v) is 12.5. The molecular weight excluding hydrogens is 621 g/mol. The molecule has 4 nitrogen and oxygen atoms in total. The lowest BCUT2D eigenvalue weighted by molar-refractivity contribution is 1.17. The zero-order valence-corrected chi connectivity index (χ0v) is 27.3. The molecule has 0 radical (unpaired) electrons. The fourth-order valence-electron chi connectivity index (χ4n) is 7.69. The smallest absolute Gasteiger partial charge is 0.196 e. The van der Waals surface area contributed by atoms with Gasteiger partial charge in [0.15, 0.2) is 11.4 Å². The van der Waals surface area contributed by atoms with E-state index in [0.717, 1.165) is 71.2 Å². The molecule has 0 spiro atoms. The number of para-hydroxylation sites is 2. The van der Waals surface area contributed by atoms with Crippen LogP contribution >= 0.6 is 0 Å². The molecule has 9 aromatic rings. The fraction of sp³-hybridized carbons (Fsp3) is 0. The number of benzene rings is 8. The highest BCUT2D eigenvalue weighted by atomic mass is 15.0. The molecule has 234 valence electrons. The molecule has 9 rings (SSSR count). The van der Waals surface area contributed by atoms with E-state index in [0.29, 0.717) is 28.2 Å². The maximum Gasteiger partial charge on any atom is 0.196 e. The van der Waals surface area contributed by atoms with E-state index in [4.69, 9.17) is 13.1 Å². The number of aromatic nitrogens is 1. The second kappa shape index (κ2) is 11.9. The fourth-order valence-corrected chi connectivity index (χ4v) is 7.69. The van der Waals surface area contributed by atoms with E-state index in [2.05, 4.69) is 111 Å². The van der Waals surface area contributed by atoms with Crippen LogP contribution in [0.1, 0.15) is 5.56 Å². The minimum atomic E-state index is 0.381. The summed E-state index contributed by atoms with van der Waals surface area (Å²) in [5.41, 5.74) is 9.57. The van der Waals surface area contributed by atoms with E-state index >= 15 is 0 Å². The van der Waals surface area contributed by atoms with Crippen molar-refractivity contribution in [2.24, 2.45) is 0 Å². The van der Waals surface area contributed by atoms with Crippen LogP contribution < -0.4 is 0 Å². The Labute approximate surface area is 294 Å². The van der Waals surface area contributed by atoms with Crippen molar-refractivity contribution < 1.29 is 0 Å². The molecule has 0 atom stereocenters. The summed E-state index contributed by atoms with van der Waals surface area (Å²) in [5.74, 6) is 0. The Morgan fingerprint density at radius 3 is 1.51 bits per heavy atom. The van der Waals surface area contributed by atoms with Crippen molar-refractivity contribution in [3.05, 3.63) is 186 Å². The quantitative estimate of drug-likeness (QED) is 0.138. The van der Waals surface area contributed by atoms with E-state index in [1.54, 1.807) is 6.07 Å². The molecule has 51 heavy (non-hydrogen) atoms. The lowest BCUT2D eigenvalue weighted by Crippen LogP contribution is -1.98. The third-order valence-electron chi connectivity index (χ3n) is 9.87. The van der Waals surface area contributed by atoms with Gasteiger partial charge in [0, 0.05) is 10.8 Å². The van der Waals surface area contributed by atoms with Crippen LogP contribution in [-0.4, -0.2) is 4.57 Å². The summed E-state index contributed by atoms with van der Waals surface area (Å²) in [6.07, 6.45) is 0. The van der Waals surface area contributed by atoms with Gasteiger partial charge in [-0.25, -0.2) is 9.69 Å². The number of hydrogen-bond donors (Lipinski definition) is 0. The lowest BCUT2D eigenvalue weighted by Gasteiger charge is -2.19. The highest BCUT2D eigenvalue weighted by Gasteiger charge is 2.21. The summed E-state index contributed by atoms with van der Waals surface area (Å²) in [6, 6.07) is 55.5. The van der Waals surface area contributed by atoms with Crippen molar-refractivity contribution in [3.63, 3.8) is 0 Å². The van der Waals surface area contributed by atoms with Crippen molar-refractivity contribution in [1.82, 2.24) is 4.57 Å². The van der Waals surface area contributed by atoms with Crippen molar-refractivity contribution in [3.8, 4) is 45.1 Å². The van der Waals surface area contributed by atoms with Gasteiger partial charge >= 0.3 is 0 Å². The minimum absolute atomic E-state index is 0.381. The average Bonchev–Trinajstić information content (AvgIpc) is 3.53. The molecule has 8 aromatic carbocycles. The van der Waals surface area contributed by atoms with Crippen LogP contribution in [0.25, 0.3) is 92.1 Å². The average molecular weight is 647 g/mol. The van der Waals surface area contributed by atoms with Crippen LogP contribution in [0.4, 0.5) is 11.4 Å². The summed E-state index contributed by atoms with van der Waals surface area (Å²) in [7, 11) is 0. The Morgan fingerprint density at radius 2 is 0.961 bits per heavy atom. The Morgan fingerprint density at radius 1 is 0.451 bits per heavy atom. The van der Waals surface area contributed by atoms with E-state index in [1.807, 2.05) is 60.7 Å². The summed E-state index contributed by atoms with van der Waals surface area (Å²) < 4.78 is 2.12. The van der Waals surface area contributed by atoms with Crippen molar-refractivity contribution >= 4 is 54.7 Å². The molecule has 0 unspecified atom stereocenters. The molecule has 0 fully saturated rings. The van der Waals surface area contributed by atoms with Gasteiger partial charge in [-0.15, -0.1) is 0 Å². The van der Waals surface area contributed by atoms with Crippen LogP contribution in [0, 0.1) is 24.5 Å². The molecule has 4 heteroatoms. The van der Waals surface area contributed by atoms with Crippen LogP contribution in [0.3, 0.4) is 0 Å². The van der Waals surface area contributed by atoms with Gasteiger partial charge in [0.05, 0.1) is 41.5 Å². The number of nitriles is 1. The van der Waals surface area contributed by atoms with E-state index in [9.17, 15) is 5.26 Å². The summed E-state index contributed by atoms with van der Waals surface area (Å²) in [5, 5.41) is 16.9. The topological polar surface area (TPSA) is 37.4 Å². The first-order chi connectivity index (χ1) is 25.2. The standard InChI is InChI=1S/C47H26N4/c1-49-41-25-24-31(26-40(41)47-37-20-8-6-18-35(37)46(30-14-4-3-5-15-30)36-19-7-9-21-38(36)47)39-28-45(32(29-48)27-42(39)50-2)51-43-22-12-10-16-33(43)34-17-11-13-23-44(34)51/h3-28H. The van der Waals surface area contributed by atoms with Gasteiger partial charge in [-0.05, 0) is 79.2 Å². The maximum absolute atomic E-state index is 10.4. The molecule has 0 aliphatic rings. The summed E-state index contributed by atoms with van der Waals surface area (Å²) >= 11 is 0. The minimum Gasteiger partial charge on any atom is -0.308 e. The van der Waals surface area contributed by atoms with Gasteiger partial charge in [-0.2, -0.15) is 5.26 Å². The first-order valence-corrected chi connectivity index (χ1v) is 16.7. The van der Waals surface area contributed by atoms with Gasteiger partial charge < -0.3 is 4.57 Å². The van der Waals surface area contributed by atoms with E-state index in [-0.39, 0.29) is 0 Å². The van der Waals surface area contributed by atoms with Crippen molar-refractivity contribution in [2.45, 2.75) is 0 Å². The van der Waals surface area contributed by atoms with Crippen molar-refractivity contribution in [1.29, 1.82) is 5.26 Å². The largest absolute Gasteiger partial charge is 0.308 e. The normalized spacial score (nSPS) is 11.1. The Bertz CT molecular complexity index is 2890. The number of rotatable bonds is 4. The third kappa shape index (κ3) is 4.58. The van der Waals surface area contributed by atoms with E-state index < -0.39 is 0 Å². The number of nitrogens with zero attached hydrogens (tertiary/aromatic N) is 4. The monoisotopic (exact) mass is 646 g/mol. The number of fused-ring (bicyclic) bond motifs is 5. The van der Waals surface area contributed by atoms with Crippen LogP contribution in [-0.2, 0) is 0 Å².